The second kappa shape index (κ2) is 13.0. The summed E-state index contributed by atoms with van der Waals surface area (Å²) < 4.78 is 22.1. The second-order valence-electron chi connectivity index (χ2n) is 10.8. The number of nitrogens with zero attached hydrogens (tertiary/aromatic N) is 2. The van der Waals surface area contributed by atoms with Gasteiger partial charge in [0.05, 0.1) is 10.5 Å². The lowest BCUT2D eigenvalue weighted by Gasteiger charge is -2.34. The number of halogens is 2. The first-order chi connectivity index (χ1) is 19.8. The molecule has 1 unspecified atom stereocenters. The van der Waals surface area contributed by atoms with E-state index in [2.05, 4.69) is 9.55 Å². The fourth-order valence-electron chi connectivity index (χ4n) is 5.87. The molecule has 9 heteroatoms. The summed E-state index contributed by atoms with van der Waals surface area (Å²) in [6.45, 7) is 2.51. The molecule has 2 aromatic heterocycles. The van der Waals surface area contributed by atoms with Crippen molar-refractivity contribution < 1.29 is 13.9 Å². The number of likely N-dealkylation sites (tertiary alicyclic amines) is 1. The number of H-pyrrole nitrogens is 1. The molecule has 1 aliphatic heterocycles. The van der Waals surface area contributed by atoms with Crippen LogP contribution in [0.25, 0.3) is 22.0 Å². The average molecular weight is 579 g/mol. The number of aryl methyl sites for hydroxylation is 1. The number of pyridine rings is 1. The number of carbonyl (C=O) groups excluding carboxylic acids is 1. The number of hydrogen-bond acceptors (Lipinski definition) is 4. The quantitative estimate of drug-likeness (QED) is 0.243. The summed E-state index contributed by atoms with van der Waals surface area (Å²) in [6.07, 6.45) is 5.09. The summed E-state index contributed by atoms with van der Waals surface area (Å²) in [5, 5.41) is 1.04. The number of nitrogens with two attached hydrogens (primary N) is 1. The van der Waals surface area contributed by atoms with Crippen LogP contribution in [0.1, 0.15) is 42.9 Å². The molecular formula is C32H36ClFN4O3. The molecule has 1 aliphatic rings. The zero-order valence-corrected chi connectivity index (χ0v) is 24.0. The van der Waals surface area contributed by atoms with Crippen LogP contribution in [0.2, 0.25) is 5.02 Å². The Morgan fingerprint density at radius 3 is 2.68 bits per heavy atom. The Bertz CT molecular complexity index is 1550. The maximum atomic E-state index is 14.8. The highest BCUT2D eigenvalue weighted by atomic mass is 35.5. The molecule has 2 aromatic carbocycles. The fourth-order valence-corrected chi connectivity index (χ4v) is 6.13. The molecule has 2 atom stereocenters. The number of hydrogen-bond donors (Lipinski definition) is 2. The lowest BCUT2D eigenvalue weighted by Crippen LogP contribution is -2.42. The van der Waals surface area contributed by atoms with Crippen LogP contribution in [0.15, 0.2) is 65.6 Å². The summed E-state index contributed by atoms with van der Waals surface area (Å²) in [5.41, 5.74) is 11.0. The van der Waals surface area contributed by atoms with Gasteiger partial charge >= 0.3 is 0 Å². The van der Waals surface area contributed by atoms with E-state index in [0.717, 1.165) is 41.6 Å². The molecule has 1 saturated heterocycles. The molecule has 41 heavy (non-hydrogen) atoms. The van der Waals surface area contributed by atoms with Gasteiger partial charge in [-0.2, -0.15) is 0 Å². The van der Waals surface area contributed by atoms with Crippen LogP contribution < -0.4 is 11.3 Å². The first kappa shape index (κ1) is 29.0. The zero-order chi connectivity index (χ0) is 28.9. The SMILES string of the molecule is COCCCn1c(C2CCCN(C(=O)C[C@H](N)Cc3ccc(-c4ccc(=O)[nH]c4)cc3)C2)cc2c(F)ccc(Cl)c21. The maximum Gasteiger partial charge on any atom is 0.247 e. The van der Waals surface area contributed by atoms with E-state index in [4.69, 9.17) is 22.1 Å². The molecule has 1 amide bonds. The van der Waals surface area contributed by atoms with Gasteiger partial charge in [0.2, 0.25) is 11.5 Å². The predicted molar refractivity (Wildman–Crippen MR) is 161 cm³/mol. The van der Waals surface area contributed by atoms with Gasteiger partial charge in [-0.1, -0.05) is 35.9 Å². The van der Waals surface area contributed by atoms with Crippen LogP contribution in [-0.2, 0) is 22.5 Å². The molecule has 4 aromatic rings. The highest BCUT2D eigenvalue weighted by Crippen LogP contribution is 2.36. The molecule has 0 saturated carbocycles. The van der Waals surface area contributed by atoms with Crippen LogP contribution in [0, 0.1) is 5.82 Å². The van der Waals surface area contributed by atoms with Crippen LogP contribution in [0.5, 0.6) is 0 Å². The summed E-state index contributed by atoms with van der Waals surface area (Å²) in [5.74, 6) is -0.175. The minimum atomic E-state index is -0.310. The van der Waals surface area contributed by atoms with Gasteiger partial charge in [0.25, 0.3) is 0 Å². The Hall–Kier alpha value is -3.46. The summed E-state index contributed by atoms with van der Waals surface area (Å²) >= 11 is 6.54. The monoisotopic (exact) mass is 578 g/mol. The minimum Gasteiger partial charge on any atom is -0.385 e. The molecule has 7 nitrogen and oxygen atoms in total. The highest BCUT2D eigenvalue weighted by Gasteiger charge is 2.29. The van der Waals surface area contributed by atoms with Gasteiger partial charge in [0.15, 0.2) is 0 Å². The summed E-state index contributed by atoms with van der Waals surface area (Å²) in [6, 6.07) is 15.9. The van der Waals surface area contributed by atoms with E-state index in [0.29, 0.717) is 48.6 Å². The van der Waals surface area contributed by atoms with Gasteiger partial charge in [0.1, 0.15) is 5.82 Å². The Balaban J connectivity index is 1.25. The molecule has 0 aliphatic carbocycles. The van der Waals surface area contributed by atoms with Crippen molar-refractivity contribution >= 4 is 28.4 Å². The second-order valence-corrected chi connectivity index (χ2v) is 11.3. The molecular weight excluding hydrogens is 543 g/mol. The van der Waals surface area contributed by atoms with Gasteiger partial charge in [-0.05, 0) is 66.6 Å². The number of piperidine rings is 1. The lowest BCUT2D eigenvalue weighted by molar-refractivity contribution is -0.132. The molecule has 0 bridgehead atoms. The largest absolute Gasteiger partial charge is 0.385 e. The van der Waals surface area contributed by atoms with Crippen molar-refractivity contribution in [3.63, 3.8) is 0 Å². The maximum absolute atomic E-state index is 14.8. The topological polar surface area (TPSA) is 93.3 Å². The number of aromatic amines is 1. The van der Waals surface area contributed by atoms with E-state index in [9.17, 15) is 14.0 Å². The number of benzene rings is 2. The van der Waals surface area contributed by atoms with E-state index in [1.807, 2.05) is 35.2 Å². The standard InChI is InChI=1S/C32H36ClFN4O3/c1-41-15-3-14-38-29(18-26-28(34)11-10-27(33)32(26)38)24-4-2-13-37(20-24)31(40)17-25(35)16-21-5-7-22(8-6-21)23-9-12-30(39)36-19-23/h5-12,18-19,24-25H,2-4,13-17,20,35H2,1H3,(H,36,39)/t24?,25-/m1/s1. The van der Waals surface area contributed by atoms with E-state index in [1.165, 1.54) is 12.1 Å². The number of rotatable bonds is 10. The van der Waals surface area contributed by atoms with Crippen molar-refractivity contribution in [2.75, 3.05) is 26.8 Å². The minimum absolute atomic E-state index is 0.0401. The van der Waals surface area contributed by atoms with Crippen molar-refractivity contribution in [2.24, 2.45) is 5.73 Å². The van der Waals surface area contributed by atoms with E-state index >= 15 is 0 Å². The number of nitrogens with one attached hydrogen (secondary N) is 1. The van der Waals surface area contributed by atoms with E-state index < -0.39 is 0 Å². The Kier molecular flexibility index (Phi) is 9.22. The van der Waals surface area contributed by atoms with Crippen molar-refractivity contribution in [3.05, 3.63) is 93.2 Å². The third-order valence-electron chi connectivity index (χ3n) is 7.92. The molecule has 0 spiro atoms. The molecule has 3 heterocycles. The normalized spacial score (nSPS) is 16.3. The first-order valence-electron chi connectivity index (χ1n) is 14.1. The fraction of sp³-hybridized carbons (Fsp3) is 0.375. The molecule has 1 fully saturated rings. The molecule has 0 radical (unpaired) electrons. The van der Waals surface area contributed by atoms with E-state index in [-0.39, 0.29) is 35.7 Å². The third kappa shape index (κ3) is 6.72. The van der Waals surface area contributed by atoms with Crippen molar-refractivity contribution in [2.45, 2.75) is 50.6 Å². The number of aromatic nitrogens is 2. The lowest BCUT2D eigenvalue weighted by atomic mass is 9.93. The van der Waals surface area contributed by atoms with Crippen molar-refractivity contribution in [1.29, 1.82) is 0 Å². The molecule has 3 N–H and O–H groups in total. The third-order valence-corrected chi connectivity index (χ3v) is 8.22. The van der Waals surface area contributed by atoms with Crippen molar-refractivity contribution in [3.8, 4) is 11.1 Å². The predicted octanol–water partition coefficient (Wildman–Crippen LogP) is 5.49. The Labute approximate surface area is 244 Å². The van der Waals surface area contributed by atoms with Gasteiger partial charge in [-0.25, -0.2) is 4.39 Å². The highest BCUT2D eigenvalue weighted by molar-refractivity contribution is 6.35. The number of amides is 1. The van der Waals surface area contributed by atoms with Gasteiger partial charge < -0.3 is 24.9 Å². The van der Waals surface area contributed by atoms with Gasteiger partial charge in [0, 0.05) is 75.1 Å². The smallest absolute Gasteiger partial charge is 0.247 e. The number of fused-ring (bicyclic) bond motifs is 1. The first-order valence-corrected chi connectivity index (χ1v) is 14.5. The summed E-state index contributed by atoms with van der Waals surface area (Å²) in [7, 11) is 1.67. The molecule has 5 rings (SSSR count). The van der Waals surface area contributed by atoms with E-state index in [1.54, 1.807) is 25.4 Å². The number of carbonyl (C=O) groups is 1. The molecule has 216 valence electrons. The zero-order valence-electron chi connectivity index (χ0n) is 23.2. The van der Waals surface area contributed by atoms with Gasteiger partial charge in [-0.3, -0.25) is 9.59 Å². The van der Waals surface area contributed by atoms with Crippen molar-refractivity contribution in [1.82, 2.24) is 14.5 Å². The van der Waals surface area contributed by atoms with Crippen LogP contribution in [-0.4, -0.2) is 53.2 Å². The van der Waals surface area contributed by atoms with Gasteiger partial charge in [-0.15, -0.1) is 0 Å². The van der Waals surface area contributed by atoms with Crippen LogP contribution in [0.3, 0.4) is 0 Å². The Morgan fingerprint density at radius 2 is 1.95 bits per heavy atom. The van der Waals surface area contributed by atoms with Crippen LogP contribution >= 0.6 is 11.6 Å². The average Bonchev–Trinajstić information content (AvgIpc) is 3.37. The number of methoxy groups -OCH3 is 1. The Morgan fingerprint density at radius 1 is 1.17 bits per heavy atom. The summed E-state index contributed by atoms with van der Waals surface area (Å²) in [4.78, 5) is 29.2. The number of ether oxygens (including phenoxy) is 1. The van der Waals surface area contributed by atoms with Crippen LogP contribution in [0.4, 0.5) is 4.39 Å².